The average Bonchev–Trinajstić information content (AvgIpc) is 3.11. The van der Waals surface area contributed by atoms with E-state index in [9.17, 15) is 5.26 Å². The highest BCUT2D eigenvalue weighted by atomic mass is 35.5. The maximum Gasteiger partial charge on any atom is 0.216 e. The Kier molecular flexibility index (Phi) is 4.88. The summed E-state index contributed by atoms with van der Waals surface area (Å²) in [5.74, 6) is 0.219. The summed E-state index contributed by atoms with van der Waals surface area (Å²) in [4.78, 5) is 4.36. The van der Waals surface area contributed by atoms with Gasteiger partial charge in [0, 0.05) is 24.4 Å². The van der Waals surface area contributed by atoms with Gasteiger partial charge >= 0.3 is 0 Å². The second-order valence-electron chi connectivity index (χ2n) is 5.27. The number of nitrogens with zero attached hydrogens (tertiary/aromatic N) is 5. The van der Waals surface area contributed by atoms with E-state index in [1.165, 1.54) is 6.20 Å². The van der Waals surface area contributed by atoms with Crippen molar-refractivity contribution >= 4 is 33.8 Å². The molecule has 0 amide bonds. The lowest BCUT2D eigenvalue weighted by molar-refractivity contribution is 0.186. The Morgan fingerprint density at radius 1 is 1.44 bits per heavy atom. The van der Waals surface area contributed by atoms with E-state index >= 15 is 0 Å². The molecule has 0 fully saturated rings. The predicted octanol–water partition coefficient (Wildman–Crippen LogP) is 2.83. The van der Waals surface area contributed by atoms with Crippen molar-refractivity contribution < 1.29 is 4.74 Å². The molecule has 2 aromatic heterocycles. The summed E-state index contributed by atoms with van der Waals surface area (Å²) in [5, 5.41) is 27.0. The summed E-state index contributed by atoms with van der Waals surface area (Å²) in [7, 11) is 1.63. The number of hydrogen-bond acceptors (Lipinski definition) is 7. The quantitative estimate of drug-likeness (QED) is 0.534. The van der Waals surface area contributed by atoms with Gasteiger partial charge in [-0.1, -0.05) is 11.6 Å². The number of aryl methyl sites for hydroxylation is 1. The van der Waals surface area contributed by atoms with Crippen LogP contribution in [0.4, 0.5) is 5.69 Å². The van der Waals surface area contributed by atoms with E-state index in [4.69, 9.17) is 16.3 Å². The lowest BCUT2D eigenvalue weighted by Crippen LogP contribution is -1.98. The van der Waals surface area contributed by atoms with Crippen LogP contribution in [0, 0.1) is 18.3 Å². The van der Waals surface area contributed by atoms with E-state index in [-0.39, 0.29) is 11.4 Å². The first-order chi connectivity index (χ1) is 12.1. The number of aromatic nitrogens is 5. The van der Waals surface area contributed by atoms with Crippen LogP contribution in [-0.4, -0.2) is 32.7 Å². The number of methoxy groups -OCH3 is 1. The van der Waals surface area contributed by atoms with Gasteiger partial charge in [0.05, 0.1) is 12.1 Å². The number of anilines is 1. The minimum absolute atomic E-state index is 0.219. The Labute approximate surface area is 148 Å². The average molecular weight is 356 g/mol. The number of ether oxygens (including phenoxy) is 1. The van der Waals surface area contributed by atoms with Crippen molar-refractivity contribution in [2.24, 2.45) is 0 Å². The molecule has 0 radical (unpaired) electrons. The Balaban J connectivity index is 2.00. The summed E-state index contributed by atoms with van der Waals surface area (Å²) in [5.41, 5.74) is 3.73. The lowest BCUT2D eigenvalue weighted by Gasteiger charge is -2.11. The number of H-pyrrole nitrogens is 1. The van der Waals surface area contributed by atoms with E-state index < -0.39 is 0 Å². The molecule has 0 aliphatic rings. The van der Waals surface area contributed by atoms with Crippen molar-refractivity contribution in [3.8, 4) is 6.07 Å². The van der Waals surface area contributed by atoms with Crippen LogP contribution < -0.4 is 5.32 Å². The molecule has 0 aliphatic carbocycles. The normalized spacial score (nSPS) is 11.5. The van der Waals surface area contributed by atoms with Crippen molar-refractivity contribution in [2.75, 3.05) is 12.4 Å². The Morgan fingerprint density at radius 3 is 2.96 bits per heavy atom. The highest BCUT2D eigenvalue weighted by molar-refractivity contribution is 6.30. The van der Waals surface area contributed by atoms with Gasteiger partial charge in [-0.25, -0.2) is 4.98 Å². The molecule has 0 spiro atoms. The molecular formula is C16H14ClN7O. The van der Waals surface area contributed by atoms with Crippen molar-refractivity contribution in [1.82, 2.24) is 25.6 Å². The zero-order valence-electron chi connectivity index (χ0n) is 13.5. The molecule has 2 N–H and O–H groups in total. The van der Waals surface area contributed by atoms with Crippen LogP contribution in [0.5, 0.6) is 0 Å². The first kappa shape index (κ1) is 16.8. The fraction of sp³-hybridized carbons (Fsp3) is 0.188. The maximum absolute atomic E-state index is 9.23. The second kappa shape index (κ2) is 7.25. The summed E-state index contributed by atoms with van der Waals surface area (Å²) >= 11 is 6.10. The number of nitrogens with one attached hydrogen (secondary N) is 2. The third kappa shape index (κ3) is 3.57. The molecule has 126 valence electrons. The zero-order chi connectivity index (χ0) is 17.8. The number of rotatable bonds is 5. The molecule has 1 aromatic carbocycles. The third-order valence-electron chi connectivity index (χ3n) is 3.59. The molecule has 0 aliphatic heterocycles. The molecule has 0 atom stereocenters. The molecule has 9 heteroatoms. The number of fused-ring (bicyclic) bond motifs is 1. The van der Waals surface area contributed by atoms with Crippen molar-refractivity contribution in [3.05, 3.63) is 46.5 Å². The van der Waals surface area contributed by atoms with E-state index in [2.05, 4.69) is 30.9 Å². The van der Waals surface area contributed by atoms with Gasteiger partial charge in [0.2, 0.25) is 5.82 Å². The standard InChI is InChI=1S/C16H14ClN7O/c1-9-3-12-10(8-25-2)4-15(17)20-14(12)5-13(9)19-7-11(6-18)16-21-23-24-22-16/h3-5,7,19H,8H2,1-2H3,(H,21,22,23,24). The van der Waals surface area contributed by atoms with Crippen molar-refractivity contribution in [1.29, 1.82) is 5.26 Å². The van der Waals surface area contributed by atoms with E-state index in [1.807, 2.05) is 25.1 Å². The summed E-state index contributed by atoms with van der Waals surface area (Å²) < 4.78 is 5.23. The first-order valence-corrected chi connectivity index (χ1v) is 7.69. The Bertz CT molecular complexity index is 976. The summed E-state index contributed by atoms with van der Waals surface area (Å²) in [6.07, 6.45) is 1.53. The topological polar surface area (TPSA) is 112 Å². The van der Waals surface area contributed by atoms with Crippen LogP contribution in [0.3, 0.4) is 0 Å². The van der Waals surface area contributed by atoms with E-state index in [0.717, 1.165) is 27.7 Å². The molecule has 3 rings (SSSR count). The van der Waals surface area contributed by atoms with Crippen LogP contribution in [0.1, 0.15) is 17.0 Å². The number of halogens is 1. The number of aromatic amines is 1. The van der Waals surface area contributed by atoms with Gasteiger partial charge in [0.1, 0.15) is 16.8 Å². The summed E-state index contributed by atoms with van der Waals surface area (Å²) in [6.45, 7) is 2.41. The first-order valence-electron chi connectivity index (χ1n) is 7.31. The van der Waals surface area contributed by atoms with Crippen LogP contribution in [0.25, 0.3) is 16.5 Å². The molecular weight excluding hydrogens is 342 g/mol. The Hall–Kier alpha value is -3.02. The Morgan fingerprint density at radius 2 is 2.28 bits per heavy atom. The van der Waals surface area contributed by atoms with E-state index in [1.54, 1.807) is 13.2 Å². The lowest BCUT2D eigenvalue weighted by atomic mass is 10.1. The molecule has 2 heterocycles. The molecule has 0 bridgehead atoms. The van der Waals surface area contributed by atoms with Crippen molar-refractivity contribution in [2.45, 2.75) is 13.5 Å². The van der Waals surface area contributed by atoms with Crippen LogP contribution >= 0.6 is 11.6 Å². The maximum atomic E-state index is 9.23. The van der Waals surface area contributed by atoms with Gasteiger partial charge < -0.3 is 10.1 Å². The van der Waals surface area contributed by atoms with E-state index in [0.29, 0.717) is 11.8 Å². The second-order valence-corrected chi connectivity index (χ2v) is 5.66. The van der Waals surface area contributed by atoms with Crippen LogP contribution in [0.15, 0.2) is 24.4 Å². The van der Waals surface area contributed by atoms with Crippen LogP contribution in [-0.2, 0) is 11.3 Å². The monoisotopic (exact) mass is 355 g/mol. The SMILES string of the molecule is COCc1cc(Cl)nc2cc(NC=C(C#N)c3nn[nH]n3)c(C)cc12. The van der Waals surface area contributed by atoms with Gasteiger partial charge in [-0.05, 0) is 41.5 Å². The number of pyridine rings is 1. The zero-order valence-corrected chi connectivity index (χ0v) is 14.3. The third-order valence-corrected chi connectivity index (χ3v) is 3.78. The van der Waals surface area contributed by atoms with Gasteiger partial charge in [0.15, 0.2) is 0 Å². The number of tetrazole rings is 1. The molecule has 0 unspecified atom stereocenters. The highest BCUT2D eigenvalue weighted by Crippen LogP contribution is 2.28. The molecule has 0 saturated heterocycles. The fourth-order valence-corrected chi connectivity index (χ4v) is 2.64. The van der Waals surface area contributed by atoms with Gasteiger partial charge in [-0.3, -0.25) is 0 Å². The molecule has 8 nitrogen and oxygen atoms in total. The molecule has 0 saturated carbocycles. The number of nitriles is 1. The number of allylic oxidation sites excluding steroid dienone is 1. The number of hydrogen-bond donors (Lipinski definition) is 2. The highest BCUT2D eigenvalue weighted by Gasteiger charge is 2.10. The molecule has 25 heavy (non-hydrogen) atoms. The van der Waals surface area contributed by atoms with Crippen molar-refractivity contribution in [3.63, 3.8) is 0 Å². The van der Waals surface area contributed by atoms with Gasteiger partial charge in [-0.2, -0.15) is 10.5 Å². The summed E-state index contributed by atoms with van der Waals surface area (Å²) in [6, 6.07) is 7.70. The molecule has 3 aromatic rings. The van der Waals surface area contributed by atoms with Crippen LogP contribution in [0.2, 0.25) is 5.15 Å². The minimum atomic E-state index is 0.219. The van der Waals surface area contributed by atoms with Gasteiger partial charge in [0.25, 0.3) is 0 Å². The number of benzene rings is 1. The minimum Gasteiger partial charge on any atom is -0.380 e. The fourth-order valence-electron chi connectivity index (χ4n) is 2.42. The predicted molar refractivity (Wildman–Crippen MR) is 93.6 cm³/mol. The smallest absolute Gasteiger partial charge is 0.216 e. The van der Waals surface area contributed by atoms with Gasteiger partial charge in [-0.15, -0.1) is 10.2 Å². The largest absolute Gasteiger partial charge is 0.380 e.